The van der Waals surface area contributed by atoms with Crippen LogP contribution >= 0.6 is 11.6 Å². The van der Waals surface area contributed by atoms with Crippen molar-refractivity contribution in [1.82, 2.24) is 9.80 Å². The molecule has 1 heterocycles. The fraction of sp³-hybridized carbons (Fsp3) is 0.385. The van der Waals surface area contributed by atoms with Crippen molar-refractivity contribution in [2.75, 3.05) is 47.5 Å². The lowest BCUT2D eigenvalue weighted by molar-refractivity contribution is -0.140. The molecule has 1 atom stereocenters. The highest BCUT2D eigenvalue weighted by Gasteiger charge is 2.46. The van der Waals surface area contributed by atoms with Crippen LogP contribution in [-0.4, -0.2) is 74.1 Å². The van der Waals surface area contributed by atoms with E-state index in [1.807, 2.05) is 13.8 Å². The van der Waals surface area contributed by atoms with Gasteiger partial charge in [0.2, 0.25) is 0 Å². The first-order valence-electron chi connectivity index (χ1n) is 11.4. The Morgan fingerprint density at radius 3 is 2.17 bits per heavy atom. The third-order valence-corrected chi connectivity index (χ3v) is 6.55. The van der Waals surface area contributed by atoms with Gasteiger partial charge in [0.15, 0.2) is 0 Å². The zero-order chi connectivity index (χ0) is 25.7. The molecule has 9 heteroatoms. The molecule has 0 aliphatic carbocycles. The van der Waals surface area contributed by atoms with Crippen molar-refractivity contribution in [2.45, 2.75) is 19.9 Å². The molecule has 0 radical (unpaired) electrons. The first-order chi connectivity index (χ1) is 16.8. The summed E-state index contributed by atoms with van der Waals surface area (Å²) in [7, 11) is 4.46. The van der Waals surface area contributed by atoms with Crippen LogP contribution in [0.25, 0.3) is 5.76 Å². The smallest absolute Gasteiger partial charge is 0.295 e. The molecular formula is C26H31ClN2O6. The second-order valence-electron chi connectivity index (χ2n) is 7.98. The van der Waals surface area contributed by atoms with E-state index < -0.39 is 17.7 Å². The molecule has 1 amide bonds. The van der Waals surface area contributed by atoms with Crippen LogP contribution in [0.4, 0.5) is 0 Å². The lowest BCUT2D eigenvalue weighted by Gasteiger charge is -2.28. The number of likely N-dealkylation sites (tertiary alicyclic amines) is 1. The Bertz CT molecular complexity index is 1110. The highest BCUT2D eigenvalue weighted by molar-refractivity contribution is 6.46. The number of hydrogen-bond acceptors (Lipinski definition) is 7. The maximum atomic E-state index is 13.3. The standard InChI is InChI=1S/C26H31ClN2O6/c1-6-28(7-2)12-13-29-23(16-8-10-17(33-3)11-9-16)22(25(31)26(29)32)24(30)18-14-19(27)21(35-5)15-20(18)34-4/h8-11,14-15,23,30H,6-7,12-13H2,1-5H3/b24-22+. The molecule has 0 spiro atoms. The van der Waals surface area contributed by atoms with Crippen molar-refractivity contribution in [3.63, 3.8) is 0 Å². The van der Waals surface area contributed by atoms with E-state index in [9.17, 15) is 14.7 Å². The highest BCUT2D eigenvalue weighted by Crippen LogP contribution is 2.43. The van der Waals surface area contributed by atoms with Gasteiger partial charge >= 0.3 is 0 Å². The molecule has 35 heavy (non-hydrogen) atoms. The molecule has 2 aromatic rings. The quantitative estimate of drug-likeness (QED) is 0.297. The van der Waals surface area contributed by atoms with Crippen LogP contribution < -0.4 is 14.2 Å². The number of carbonyl (C=O) groups is 2. The average Bonchev–Trinajstić information content (AvgIpc) is 3.13. The van der Waals surface area contributed by atoms with E-state index in [1.54, 1.807) is 31.4 Å². The normalized spacial score (nSPS) is 17.2. The Morgan fingerprint density at radius 2 is 1.63 bits per heavy atom. The minimum Gasteiger partial charge on any atom is -0.507 e. The summed E-state index contributed by atoms with van der Waals surface area (Å²) in [4.78, 5) is 30.1. The molecule has 2 aromatic carbocycles. The molecule has 0 aromatic heterocycles. The summed E-state index contributed by atoms with van der Waals surface area (Å²) in [5.74, 6) is -0.554. The monoisotopic (exact) mass is 502 g/mol. The third kappa shape index (κ3) is 5.23. The second-order valence-corrected chi connectivity index (χ2v) is 8.39. The summed E-state index contributed by atoms with van der Waals surface area (Å²) < 4.78 is 15.9. The number of benzene rings is 2. The van der Waals surface area contributed by atoms with Gasteiger partial charge in [0, 0.05) is 19.2 Å². The second kappa shape index (κ2) is 11.5. The lowest BCUT2D eigenvalue weighted by Crippen LogP contribution is -2.38. The minimum atomic E-state index is -0.790. The summed E-state index contributed by atoms with van der Waals surface area (Å²) in [6.45, 7) is 6.62. The molecular weight excluding hydrogens is 472 g/mol. The number of hydrogen-bond donors (Lipinski definition) is 1. The topological polar surface area (TPSA) is 88.5 Å². The van der Waals surface area contributed by atoms with E-state index in [4.69, 9.17) is 25.8 Å². The number of methoxy groups -OCH3 is 3. The van der Waals surface area contributed by atoms with Gasteiger partial charge in [-0.15, -0.1) is 0 Å². The fourth-order valence-electron chi connectivity index (χ4n) is 4.22. The van der Waals surface area contributed by atoms with Crippen LogP contribution in [0.1, 0.15) is 31.0 Å². The molecule has 0 bridgehead atoms. The van der Waals surface area contributed by atoms with Crippen molar-refractivity contribution in [3.05, 3.63) is 58.1 Å². The van der Waals surface area contributed by atoms with Gasteiger partial charge in [-0.25, -0.2) is 0 Å². The zero-order valence-corrected chi connectivity index (χ0v) is 21.4. The van der Waals surface area contributed by atoms with Gasteiger partial charge in [0.25, 0.3) is 11.7 Å². The lowest BCUT2D eigenvalue weighted by atomic mass is 9.95. The molecule has 1 saturated heterocycles. The van der Waals surface area contributed by atoms with Gasteiger partial charge in [0.05, 0.1) is 43.5 Å². The van der Waals surface area contributed by atoms with Crippen LogP contribution in [0, 0.1) is 0 Å². The number of Topliss-reactive ketones (excluding diaryl/α,β-unsaturated/α-hetero) is 1. The molecule has 188 valence electrons. The molecule has 1 N–H and O–H groups in total. The Hall–Kier alpha value is -3.23. The van der Waals surface area contributed by atoms with Crippen LogP contribution in [-0.2, 0) is 9.59 Å². The van der Waals surface area contributed by atoms with Crippen molar-refractivity contribution >= 4 is 29.1 Å². The van der Waals surface area contributed by atoms with Crippen LogP contribution in [0.15, 0.2) is 42.0 Å². The predicted octanol–water partition coefficient (Wildman–Crippen LogP) is 4.13. The Balaban J connectivity index is 2.18. The van der Waals surface area contributed by atoms with E-state index in [-0.39, 0.29) is 27.7 Å². The van der Waals surface area contributed by atoms with Crippen molar-refractivity contribution in [1.29, 1.82) is 0 Å². The SMILES string of the molecule is CCN(CC)CCN1C(=O)C(=O)/C(=C(/O)c2cc(Cl)c(OC)cc2OC)C1c1ccc(OC)cc1. The first-order valence-corrected chi connectivity index (χ1v) is 11.8. The number of aliphatic hydroxyl groups excluding tert-OH is 1. The number of likely N-dealkylation sites (N-methyl/N-ethyl adjacent to an activating group) is 1. The molecule has 1 aliphatic rings. The number of rotatable bonds is 10. The number of ketones is 1. The molecule has 8 nitrogen and oxygen atoms in total. The summed E-state index contributed by atoms with van der Waals surface area (Å²) >= 11 is 6.31. The number of halogens is 1. The third-order valence-electron chi connectivity index (χ3n) is 6.25. The largest absolute Gasteiger partial charge is 0.507 e. The van der Waals surface area contributed by atoms with E-state index in [0.717, 1.165) is 13.1 Å². The maximum absolute atomic E-state index is 13.3. The Morgan fingerprint density at radius 1 is 1.00 bits per heavy atom. The van der Waals surface area contributed by atoms with Gasteiger partial charge in [-0.2, -0.15) is 0 Å². The van der Waals surface area contributed by atoms with Crippen LogP contribution in [0.3, 0.4) is 0 Å². The molecule has 1 unspecified atom stereocenters. The predicted molar refractivity (Wildman–Crippen MR) is 134 cm³/mol. The first kappa shape index (κ1) is 26.4. The van der Waals surface area contributed by atoms with Gasteiger partial charge in [-0.1, -0.05) is 37.6 Å². The number of aliphatic hydroxyl groups is 1. The Labute approximate surface area is 210 Å². The van der Waals surface area contributed by atoms with Gasteiger partial charge < -0.3 is 29.1 Å². The molecule has 0 saturated carbocycles. The van der Waals surface area contributed by atoms with Gasteiger partial charge in [-0.3, -0.25) is 9.59 Å². The number of ether oxygens (including phenoxy) is 3. The highest BCUT2D eigenvalue weighted by atomic mass is 35.5. The van der Waals surface area contributed by atoms with Gasteiger partial charge in [-0.05, 0) is 36.9 Å². The van der Waals surface area contributed by atoms with Crippen molar-refractivity contribution in [2.24, 2.45) is 0 Å². The zero-order valence-electron chi connectivity index (χ0n) is 20.6. The number of carbonyl (C=O) groups excluding carboxylic acids is 2. The summed E-state index contributed by atoms with van der Waals surface area (Å²) in [5, 5.41) is 11.6. The van der Waals surface area contributed by atoms with E-state index in [2.05, 4.69) is 4.90 Å². The van der Waals surface area contributed by atoms with Gasteiger partial charge in [0.1, 0.15) is 23.0 Å². The van der Waals surface area contributed by atoms with Crippen LogP contribution in [0.5, 0.6) is 17.2 Å². The fourth-order valence-corrected chi connectivity index (χ4v) is 4.46. The molecule has 3 rings (SSSR count). The molecule has 1 aliphatic heterocycles. The molecule has 1 fully saturated rings. The van der Waals surface area contributed by atoms with Crippen molar-refractivity contribution < 1.29 is 28.9 Å². The number of nitrogens with zero attached hydrogens (tertiary/aromatic N) is 2. The summed E-state index contributed by atoms with van der Waals surface area (Å²) in [5.41, 5.74) is 0.836. The van der Waals surface area contributed by atoms with Crippen LogP contribution in [0.2, 0.25) is 5.02 Å². The Kier molecular flexibility index (Phi) is 8.64. The summed E-state index contributed by atoms with van der Waals surface area (Å²) in [6, 6.07) is 9.27. The van der Waals surface area contributed by atoms with E-state index in [0.29, 0.717) is 30.2 Å². The average molecular weight is 503 g/mol. The number of amides is 1. The van der Waals surface area contributed by atoms with Crippen molar-refractivity contribution in [3.8, 4) is 17.2 Å². The maximum Gasteiger partial charge on any atom is 0.295 e. The van der Waals surface area contributed by atoms with E-state index in [1.165, 1.54) is 31.3 Å². The summed E-state index contributed by atoms with van der Waals surface area (Å²) in [6.07, 6.45) is 0. The van der Waals surface area contributed by atoms with E-state index >= 15 is 0 Å². The minimum absolute atomic E-state index is 0.0285.